The molecule has 1 aromatic heterocycles. The van der Waals surface area contributed by atoms with Gasteiger partial charge in [0.05, 0.1) is 15.5 Å². The number of aromatic nitrogens is 1. The third kappa shape index (κ3) is 3.94. The van der Waals surface area contributed by atoms with E-state index in [-0.39, 0.29) is 15.5 Å². The molecule has 0 aliphatic heterocycles. The Hall–Kier alpha value is -2.68. The second-order valence-corrected chi connectivity index (χ2v) is 8.05. The topological polar surface area (TPSA) is 119 Å². The third-order valence-corrected chi connectivity index (χ3v) is 5.54. The Bertz CT molecular complexity index is 1180. The highest BCUT2D eigenvalue weighted by Crippen LogP contribution is 2.24. The summed E-state index contributed by atoms with van der Waals surface area (Å²) in [6, 6.07) is 9.06. The lowest BCUT2D eigenvalue weighted by Crippen LogP contribution is -2.16. The number of halogens is 1. The predicted molar refractivity (Wildman–Crippen MR) is 105 cm³/mol. The summed E-state index contributed by atoms with van der Waals surface area (Å²) in [7, 11) is -4.01. The van der Waals surface area contributed by atoms with Crippen molar-refractivity contribution in [3.05, 3.63) is 64.3 Å². The fourth-order valence-corrected chi connectivity index (χ4v) is 3.60. The number of benzene rings is 2. The lowest BCUT2D eigenvalue weighted by Gasteiger charge is -2.07. The van der Waals surface area contributed by atoms with Gasteiger partial charge in [0.2, 0.25) is 15.8 Å². The monoisotopic (exact) mass is 420 g/mol. The number of hydrogen-bond donors (Lipinski definition) is 2. The summed E-state index contributed by atoms with van der Waals surface area (Å²) >= 11 is 5.94. The largest absolute Gasteiger partial charge is 0.454 e. The minimum atomic E-state index is -4.01. The standard InChI is InChI=1S/C19H17ClN2O5S/c1-2-11-4-3-5-13-15(9-22-18(11)13)17(23)10-27-19(24)14-8-12(28(21,25)26)6-7-16(14)20/h3-9,22H,2,10H2,1H3,(H2,21,25,26). The number of fused-ring (bicyclic) bond motifs is 1. The fraction of sp³-hybridized carbons (Fsp3) is 0.158. The highest BCUT2D eigenvalue weighted by molar-refractivity contribution is 7.89. The minimum Gasteiger partial charge on any atom is -0.454 e. The molecule has 0 amide bonds. The van der Waals surface area contributed by atoms with Crippen molar-refractivity contribution >= 4 is 44.3 Å². The molecule has 3 rings (SSSR count). The molecule has 0 aliphatic rings. The summed E-state index contributed by atoms with van der Waals surface area (Å²) < 4.78 is 27.9. The number of aryl methyl sites for hydroxylation is 1. The molecule has 0 radical (unpaired) electrons. The van der Waals surface area contributed by atoms with Crippen molar-refractivity contribution < 1.29 is 22.7 Å². The van der Waals surface area contributed by atoms with Gasteiger partial charge in [0.25, 0.3) is 0 Å². The molecular weight excluding hydrogens is 404 g/mol. The maximum absolute atomic E-state index is 12.5. The number of ketones is 1. The Kier molecular flexibility index (Phi) is 5.55. The summed E-state index contributed by atoms with van der Waals surface area (Å²) in [5.41, 5.74) is 2.15. The fourth-order valence-electron chi connectivity index (χ4n) is 2.87. The molecule has 2 aromatic carbocycles. The van der Waals surface area contributed by atoms with E-state index in [0.717, 1.165) is 29.0 Å². The number of esters is 1. The van der Waals surface area contributed by atoms with Crippen LogP contribution in [-0.4, -0.2) is 31.8 Å². The molecule has 9 heteroatoms. The van der Waals surface area contributed by atoms with Crippen molar-refractivity contribution in [1.82, 2.24) is 4.98 Å². The molecule has 0 unspecified atom stereocenters. The molecule has 1 heterocycles. The first kappa shape index (κ1) is 20.1. The molecule has 0 saturated heterocycles. The first-order valence-electron chi connectivity index (χ1n) is 8.34. The number of Topliss-reactive ketones (excluding diaryl/α,β-unsaturated/α-hetero) is 1. The van der Waals surface area contributed by atoms with Gasteiger partial charge < -0.3 is 9.72 Å². The number of H-pyrrole nitrogens is 1. The zero-order chi connectivity index (χ0) is 20.5. The van der Waals surface area contributed by atoms with Gasteiger partial charge in [0, 0.05) is 22.7 Å². The smallest absolute Gasteiger partial charge is 0.340 e. The van der Waals surface area contributed by atoms with Gasteiger partial charge in [-0.3, -0.25) is 4.79 Å². The summed E-state index contributed by atoms with van der Waals surface area (Å²) in [4.78, 5) is 27.6. The lowest BCUT2D eigenvalue weighted by molar-refractivity contribution is 0.0475. The quantitative estimate of drug-likeness (QED) is 0.469. The van der Waals surface area contributed by atoms with E-state index in [9.17, 15) is 18.0 Å². The van der Waals surface area contributed by atoms with Crippen LogP contribution in [0.3, 0.4) is 0 Å². The van der Waals surface area contributed by atoms with Gasteiger partial charge in [-0.2, -0.15) is 0 Å². The number of carbonyl (C=O) groups excluding carboxylic acids is 2. The molecule has 0 fully saturated rings. The average molecular weight is 421 g/mol. The summed E-state index contributed by atoms with van der Waals surface area (Å²) in [6.07, 6.45) is 2.38. The Morgan fingerprint density at radius 1 is 1.18 bits per heavy atom. The van der Waals surface area contributed by atoms with E-state index in [1.54, 1.807) is 6.20 Å². The van der Waals surface area contributed by atoms with Crippen molar-refractivity contribution in [3.63, 3.8) is 0 Å². The number of aromatic amines is 1. The number of rotatable bonds is 6. The molecular formula is C19H17ClN2O5S. The molecule has 7 nitrogen and oxygen atoms in total. The van der Waals surface area contributed by atoms with Gasteiger partial charge in [0.1, 0.15) is 0 Å². The molecule has 0 saturated carbocycles. The van der Waals surface area contributed by atoms with Gasteiger partial charge in [-0.25, -0.2) is 18.4 Å². The van der Waals surface area contributed by atoms with Crippen LogP contribution in [0.25, 0.3) is 10.9 Å². The number of sulfonamides is 1. The second kappa shape index (κ2) is 7.75. The lowest BCUT2D eigenvalue weighted by atomic mass is 10.1. The Labute approximate surface area is 166 Å². The zero-order valence-corrected chi connectivity index (χ0v) is 16.4. The van der Waals surface area contributed by atoms with Crippen LogP contribution in [0.4, 0.5) is 0 Å². The molecule has 0 atom stereocenters. The van der Waals surface area contributed by atoms with E-state index in [2.05, 4.69) is 4.98 Å². The Balaban J connectivity index is 1.80. The molecule has 0 spiro atoms. The molecule has 0 aliphatic carbocycles. The minimum absolute atomic E-state index is 0.00969. The van der Waals surface area contributed by atoms with Crippen molar-refractivity contribution in [3.8, 4) is 0 Å². The maximum atomic E-state index is 12.5. The number of ether oxygens (including phenoxy) is 1. The molecule has 146 valence electrons. The van der Waals surface area contributed by atoms with E-state index in [1.165, 1.54) is 12.1 Å². The van der Waals surface area contributed by atoms with Crippen LogP contribution in [0.1, 0.15) is 33.2 Å². The van der Waals surface area contributed by atoms with Gasteiger partial charge >= 0.3 is 5.97 Å². The van der Waals surface area contributed by atoms with E-state index in [4.69, 9.17) is 21.5 Å². The highest BCUT2D eigenvalue weighted by Gasteiger charge is 2.20. The molecule has 28 heavy (non-hydrogen) atoms. The SMILES string of the molecule is CCc1cccc2c(C(=O)COC(=O)c3cc(S(N)(=O)=O)ccc3Cl)c[nH]c12. The Morgan fingerprint density at radius 2 is 1.93 bits per heavy atom. The number of nitrogens with one attached hydrogen (secondary N) is 1. The van der Waals surface area contributed by atoms with Crippen LogP contribution >= 0.6 is 11.6 Å². The van der Waals surface area contributed by atoms with Crippen LogP contribution in [0.2, 0.25) is 5.02 Å². The second-order valence-electron chi connectivity index (χ2n) is 6.08. The predicted octanol–water partition coefficient (Wildman–Crippen LogP) is 3.07. The summed E-state index contributed by atoms with van der Waals surface area (Å²) in [5.74, 6) is -1.32. The van der Waals surface area contributed by atoms with Gasteiger partial charge in [-0.15, -0.1) is 0 Å². The number of primary sulfonamides is 1. The van der Waals surface area contributed by atoms with E-state index >= 15 is 0 Å². The summed E-state index contributed by atoms with van der Waals surface area (Å²) in [6.45, 7) is 1.50. The van der Waals surface area contributed by atoms with Crippen LogP contribution in [0.15, 0.2) is 47.5 Å². The highest BCUT2D eigenvalue weighted by atomic mass is 35.5. The summed E-state index contributed by atoms with van der Waals surface area (Å²) in [5, 5.41) is 5.79. The number of carbonyl (C=O) groups is 2. The van der Waals surface area contributed by atoms with Crippen molar-refractivity contribution in [2.45, 2.75) is 18.2 Å². The first-order valence-corrected chi connectivity index (χ1v) is 10.3. The Morgan fingerprint density at radius 3 is 2.61 bits per heavy atom. The van der Waals surface area contributed by atoms with E-state index in [0.29, 0.717) is 5.56 Å². The zero-order valence-electron chi connectivity index (χ0n) is 14.9. The first-order chi connectivity index (χ1) is 13.2. The van der Waals surface area contributed by atoms with Crippen LogP contribution in [0, 0.1) is 0 Å². The van der Waals surface area contributed by atoms with Gasteiger partial charge in [0.15, 0.2) is 6.61 Å². The molecule has 0 bridgehead atoms. The van der Waals surface area contributed by atoms with E-state index in [1.807, 2.05) is 25.1 Å². The average Bonchev–Trinajstić information content (AvgIpc) is 3.09. The van der Waals surface area contributed by atoms with Crippen LogP contribution in [-0.2, 0) is 21.2 Å². The van der Waals surface area contributed by atoms with Crippen LogP contribution in [0.5, 0.6) is 0 Å². The number of nitrogens with two attached hydrogens (primary N) is 1. The third-order valence-electron chi connectivity index (χ3n) is 4.30. The number of hydrogen-bond acceptors (Lipinski definition) is 5. The molecule has 3 N–H and O–H groups in total. The number of para-hydroxylation sites is 1. The molecule has 3 aromatic rings. The van der Waals surface area contributed by atoms with E-state index < -0.39 is 28.4 Å². The van der Waals surface area contributed by atoms with Crippen molar-refractivity contribution in [1.29, 1.82) is 0 Å². The van der Waals surface area contributed by atoms with Gasteiger partial charge in [-0.05, 0) is 30.2 Å². The van der Waals surface area contributed by atoms with Crippen LogP contribution < -0.4 is 5.14 Å². The maximum Gasteiger partial charge on any atom is 0.340 e. The van der Waals surface area contributed by atoms with Crippen molar-refractivity contribution in [2.24, 2.45) is 5.14 Å². The normalized spacial score (nSPS) is 11.5. The van der Waals surface area contributed by atoms with Crippen molar-refractivity contribution in [2.75, 3.05) is 6.61 Å². The van der Waals surface area contributed by atoms with Gasteiger partial charge in [-0.1, -0.05) is 36.7 Å².